The van der Waals surface area contributed by atoms with Gasteiger partial charge in [-0.2, -0.15) is 5.26 Å². The highest BCUT2D eigenvalue weighted by Crippen LogP contribution is 2.20. The van der Waals surface area contributed by atoms with E-state index >= 15 is 0 Å². The van der Waals surface area contributed by atoms with Gasteiger partial charge >= 0.3 is 0 Å². The summed E-state index contributed by atoms with van der Waals surface area (Å²) < 4.78 is 0. The second kappa shape index (κ2) is 5.16. The average Bonchev–Trinajstić information content (AvgIpc) is 1.98. The van der Waals surface area contributed by atoms with Crippen molar-refractivity contribution in [2.24, 2.45) is 5.41 Å². The van der Waals surface area contributed by atoms with Gasteiger partial charge in [0.2, 0.25) is 0 Å². The van der Waals surface area contributed by atoms with Crippen molar-refractivity contribution in [2.45, 2.75) is 46.6 Å². The van der Waals surface area contributed by atoms with Gasteiger partial charge in [-0.05, 0) is 11.8 Å². The van der Waals surface area contributed by atoms with Gasteiger partial charge in [-0.1, -0.05) is 27.7 Å². The number of nitrogens with one attached hydrogen (secondary N) is 1. The quantitative estimate of drug-likeness (QED) is 0.683. The molecule has 0 rings (SSSR count). The monoisotopic (exact) mass is 168 g/mol. The van der Waals surface area contributed by atoms with Crippen LogP contribution in [0.4, 0.5) is 0 Å². The number of nitrogens with zero attached hydrogens (tertiary/aromatic N) is 1. The third-order valence-electron chi connectivity index (χ3n) is 1.90. The molecule has 0 heterocycles. The summed E-state index contributed by atoms with van der Waals surface area (Å²) in [7, 11) is 0. The van der Waals surface area contributed by atoms with Crippen LogP contribution in [-0.4, -0.2) is 12.6 Å². The molecule has 0 amide bonds. The maximum Gasteiger partial charge on any atom is 0.0621 e. The second-order valence-corrected chi connectivity index (χ2v) is 4.36. The van der Waals surface area contributed by atoms with E-state index in [4.69, 9.17) is 5.26 Å². The van der Waals surface area contributed by atoms with Crippen molar-refractivity contribution in [3.63, 3.8) is 0 Å². The van der Waals surface area contributed by atoms with E-state index in [0.29, 0.717) is 12.5 Å². The molecular weight excluding hydrogens is 148 g/mol. The lowest BCUT2D eigenvalue weighted by Gasteiger charge is -2.25. The molecule has 0 unspecified atom stereocenters. The molecule has 70 valence electrons. The zero-order valence-electron chi connectivity index (χ0n) is 8.65. The van der Waals surface area contributed by atoms with Gasteiger partial charge in [-0.25, -0.2) is 0 Å². The average molecular weight is 168 g/mol. The largest absolute Gasteiger partial charge is 0.314 e. The Balaban J connectivity index is 3.65. The lowest BCUT2D eigenvalue weighted by atomic mass is 9.88. The van der Waals surface area contributed by atoms with E-state index in [0.717, 1.165) is 13.0 Å². The molecule has 0 saturated carbocycles. The van der Waals surface area contributed by atoms with Gasteiger partial charge in [-0.15, -0.1) is 0 Å². The summed E-state index contributed by atoms with van der Waals surface area (Å²) in [6.45, 7) is 9.66. The van der Waals surface area contributed by atoms with Crippen LogP contribution in [0.15, 0.2) is 0 Å². The molecule has 0 aliphatic carbocycles. The van der Waals surface area contributed by atoms with Crippen molar-refractivity contribution in [1.29, 1.82) is 5.26 Å². The molecule has 0 aliphatic heterocycles. The fraction of sp³-hybridized carbons (Fsp3) is 0.900. The molecule has 0 aromatic heterocycles. The van der Waals surface area contributed by atoms with E-state index in [9.17, 15) is 0 Å². The van der Waals surface area contributed by atoms with Gasteiger partial charge in [0.25, 0.3) is 0 Å². The lowest BCUT2D eigenvalue weighted by Crippen LogP contribution is -2.33. The summed E-state index contributed by atoms with van der Waals surface area (Å²) in [5.41, 5.74) is 0.250. The van der Waals surface area contributed by atoms with Crippen molar-refractivity contribution in [1.82, 2.24) is 5.32 Å². The molecular formula is C10H20N2. The molecule has 0 atom stereocenters. The van der Waals surface area contributed by atoms with Gasteiger partial charge in [0, 0.05) is 19.0 Å². The van der Waals surface area contributed by atoms with Crippen molar-refractivity contribution < 1.29 is 0 Å². The van der Waals surface area contributed by atoms with Crippen molar-refractivity contribution in [2.75, 3.05) is 6.54 Å². The molecule has 0 bridgehead atoms. The fourth-order valence-corrected chi connectivity index (χ4v) is 0.963. The Hall–Kier alpha value is -0.550. The normalized spacial score (nSPS) is 11.7. The smallest absolute Gasteiger partial charge is 0.0621 e. The third-order valence-corrected chi connectivity index (χ3v) is 1.90. The molecule has 2 heteroatoms. The van der Waals surface area contributed by atoms with Crippen LogP contribution in [0, 0.1) is 16.7 Å². The van der Waals surface area contributed by atoms with Gasteiger partial charge in [0.1, 0.15) is 0 Å². The van der Waals surface area contributed by atoms with Crippen LogP contribution in [0.25, 0.3) is 0 Å². The summed E-state index contributed by atoms with van der Waals surface area (Å²) in [5.74, 6) is 0. The lowest BCUT2D eigenvalue weighted by molar-refractivity contribution is 0.307. The Morgan fingerprint density at radius 1 is 1.42 bits per heavy atom. The number of rotatable bonds is 5. The van der Waals surface area contributed by atoms with Gasteiger partial charge in [0.15, 0.2) is 0 Å². The minimum absolute atomic E-state index is 0.250. The molecule has 0 aliphatic rings. The topological polar surface area (TPSA) is 35.8 Å². The number of nitriles is 1. The molecule has 0 fully saturated rings. The first-order valence-corrected chi connectivity index (χ1v) is 4.58. The Kier molecular flexibility index (Phi) is 4.92. The molecule has 12 heavy (non-hydrogen) atoms. The highest BCUT2D eigenvalue weighted by Gasteiger charge is 2.16. The van der Waals surface area contributed by atoms with Crippen LogP contribution in [-0.2, 0) is 0 Å². The summed E-state index contributed by atoms with van der Waals surface area (Å²) in [5, 5.41) is 11.8. The van der Waals surface area contributed by atoms with Crippen LogP contribution in [0.3, 0.4) is 0 Å². The van der Waals surface area contributed by atoms with Crippen LogP contribution in [0.1, 0.15) is 40.5 Å². The molecule has 0 aromatic carbocycles. The predicted molar refractivity (Wildman–Crippen MR) is 51.8 cm³/mol. The molecule has 0 spiro atoms. The predicted octanol–water partition coefficient (Wildman–Crippen LogP) is 2.31. The second-order valence-electron chi connectivity index (χ2n) is 4.36. The first-order valence-electron chi connectivity index (χ1n) is 4.58. The van der Waals surface area contributed by atoms with Crippen LogP contribution in [0.2, 0.25) is 0 Å². The van der Waals surface area contributed by atoms with Gasteiger partial charge in [-0.3, -0.25) is 0 Å². The minimum Gasteiger partial charge on any atom is -0.314 e. The first kappa shape index (κ1) is 11.4. The standard InChI is InChI=1S/C10H20N2/c1-9(2)12-8-10(3,4)6-5-7-11/h9,12H,5-6,8H2,1-4H3. The Morgan fingerprint density at radius 3 is 2.42 bits per heavy atom. The molecule has 2 nitrogen and oxygen atoms in total. The maximum absolute atomic E-state index is 8.44. The van der Waals surface area contributed by atoms with Crippen LogP contribution in [0.5, 0.6) is 0 Å². The highest BCUT2D eigenvalue weighted by molar-refractivity contribution is 4.79. The SMILES string of the molecule is CC(C)NCC(C)(C)CCC#N. The van der Waals surface area contributed by atoms with Crippen molar-refractivity contribution in [3.8, 4) is 6.07 Å². The summed E-state index contributed by atoms with van der Waals surface area (Å²) in [6, 6.07) is 2.72. The number of hydrogen-bond donors (Lipinski definition) is 1. The first-order chi connectivity index (χ1) is 5.48. The van der Waals surface area contributed by atoms with E-state index < -0.39 is 0 Å². The fourth-order valence-electron chi connectivity index (χ4n) is 0.963. The molecule has 1 N–H and O–H groups in total. The molecule has 0 radical (unpaired) electrons. The highest BCUT2D eigenvalue weighted by atomic mass is 14.9. The Morgan fingerprint density at radius 2 is 2.00 bits per heavy atom. The van der Waals surface area contributed by atoms with E-state index in [2.05, 4.69) is 39.1 Å². The summed E-state index contributed by atoms with van der Waals surface area (Å²) in [6.07, 6.45) is 1.63. The van der Waals surface area contributed by atoms with E-state index in [1.165, 1.54) is 0 Å². The van der Waals surface area contributed by atoms with Crippen molar-refractivity contribution in [3.05, 3.63) is 0 Å². The van der Waals surface area contributed by atoms with E-state index in [1.54, 1.807) is 0 Å². The Bertz CT molecular complexity index is 154. The van der Waals surface area contributed by atoms with Crippen LogP contribution < -0.4 is 5.32 Å². The Labute approximate surface area is 76.0 Å². The number of hydrogen-bond acceptors (Lipinski definition) is 2. The third kappa shape index (κ3) is 6.18. The summed E-state index contributed by atoms with van der Waals surface area (Å²) >= 11 is 0. The minimum atomic E-state index is 0.250. The zero-order chi connectivity index (χ0) is 9.61. The molecule has 0 saturated heterocycles. The molecule has 0 aromatic rings. The van der Waals surface area contributed by atoms with Gasteiger partial charge < -0.3 is 5.32 Å². The zero-order valence-corrected chi connectivity index (χ0v) is 8.65. The van der Waals surface area contributed by atoms with Crippen molar-refractivity contribution >= 4 is 0 Å². The van der Waals surface area contributed by atoms with E-state index in [-0.39, 0.29) is 5.41 Å². The van der Waals surface area contributed by atoms with Gasteiger partial charge in [0.05, 0.1) is 6.07 Å². The van der Waals surface area contributed by atoms with Crippen LogP contribution >= 0.6 is 0 Å². The van der Waals surface area contributed by atoms with E-state index in [1.807, 2.05) is 0 Å². The maximum atomic E-state index is 8.44. The summed E-state index contributed by atoms with van der Waals surface area (Å²) in [4.78, 5) is 0.